The van der Waals surface area contributed by atoms with E-state index < -0.39 is 0 Å². The van der Waals surface area contributed by atoms with Gasteiger partial charge in [-0.15, -0.1) is 0 Å². The molecular formula is C11H17N3O3. The van der Waals surface area contributed by atoms with E-state index in [1.807, 2.05) is 13.8 Å². The van der Waals surface area contributed by atoms with Gasteiger partial charge in [0.05, 0.1) is 13.5 Å². The summed E-state index contributed by atoms with van der Waals surface area (Å²) in [6.45, 7) is 4.55. The number of aromatic nitrogens is 2. The molecule has 0 radical (unpaired) electrons. The van der Waals surface area contributed by atoms with Crippen LogP contribution in [-0.2, 0) is 9.53 Å². The van der Waals surface area contributed by atoms with Crippen LogP contribution in [0, 0.1) is 6.92 Å². The fourth-order valence-corrected chi connectivity index (χ4v) is 1.42. The number of hydrogen-bond acceptors (Lipinski definition) is 4. The molecule has 0 aliphatic rings. The largest absolute Gasteiger partial charge is 0.469 e. The van der Waals surface area contributed by atoms with Gasteiger partial charge in [-0.1, -0.05) is 0 Å². The molecular weight excluding hydrogens is 222 g/mol. The second-order valence-electron chi connectivity index (χ2n) is 3.65. The minimum absolute atomic E-state index is 0.180. The Kier molecular flexibility index (Phi) is 4.68. The maximum absolute atomic E-state index is 12.0. The summed E-state index contributed by atoms with van der Waals surface area (Å²) in [7, 11) is 1.33. The fraction of sp³-hybridized carbons (Fsp3) is 0.545. The SMILES string of the molecule is CCN(CCC(=O)OC)C(=O)c1cc(C)[nH]n1. The van der Waals surface area contributed by atoms with Crippen LogP contribution in [0.25, 0.3) is 0 Å². The molecule has 0 fully saturated rings. The summed E-state index contributed by atoms with van der Waals surface area (Å²) in [6, 6.07) is 1.68. The Labute approximate surface area is 99.9 Å². The molecule has 94 valence electrons. The molecule has 0 atom stereocenters. The first-order chi connectivity index (χ1) is 8.08. The number of carbonyl (C=O) groups excluding carboxylic acids is 2. The molecule has 0 bridgehead atoms. The molecule has 0 aliphatic heterocycles. The number of esters is 1. The zero-order chi connectivity index (χ0) is 12.8. The van der Waals surface area contributed by atoms with Gasteiger partial charge < -0.3 is 9.64 Å². The number of aryl methyl sites for hydroxylation is 1. The van der Waals surface area contributed by atoms with Crippen molar-refractivity contribution in [3.8, 4) is 0 Å². The Morgan fingerprint density at radius 3 is 2.71 bits per heavy atom. The maximum atomic E-state index is 12.0. The third-order valence-electron chi connectivity index (χ3n) is 2.41. The number of carbonyl (C=O) groups is 2. The summed E-state index contributed by atoms with van der Waals surface area (Å²) in [5.41, 5.74) is 1.20. The van der Waals surface area contributed by atoms with E-state index in [-0.39, 0.29) is 18.3 Å². The van der Waals surface area contributed by atoms with E-state index >= 15 is 0 Å². The van der Waals surface area contributed by atoms with Gasteiger partial charge in [-0.3, -0.25) is 14.7 Å². The van der Waals surface area contributed by atoms with Crippen molar-refractivity contribution < 1.29 is 14.3 Å². The number of methoxy groups -OCH3 is 1. The van der Waals surface area contributed by atoms with E-state index in [2.05, 4.69) is 14.9 Å². The third kappa shape index (κ3) is 3.58. The molecule has 6 nitrogen and oxygen atoms in total. The highest BCUT2D eigenvalue weighted by Crippen LogP contribution is 2.04. The van der Waals surface area contributed by atoms with Crippen molar-refractivity contribution in [1.82, 2.24) is 15.1 Å². The minimum atomic E-state index is -0.325. The van der Waals surface area contributed by atoms with Crippen LogP contribution >= 0.6 is 0 Å². The van der Waals surface area contributed by atoms with E-state index in [0.29, 0.717) is 18.8 Å². The normalized spacial score (nSPS) is 10.1. The van der Waals surface area contributed by atoms with Gasteiger partial charge in [0.1, 0.15) is 5.69 Å². The topological polar surface area (TPSA) is 75.3 Å². The molecule has 0 aliphatic carbocycles. The van der Waals surface area contributed by atoms with Crippen LogP contribution in [0.3, 0.4) is 0 Å². The molecule has 0 saturated heterocycles. The third-order valence-corrected chi connectivity index (χ3v) is 2.41. The Bertz CT molecular complexity index is 400. The smallest absolute Gasteiger partial charge is 0.307 e. The lowest BCUT2D eigenvalue weighted by Crippen LogP contribution is -2.33. The van der Waals surface area contributed by atoms with E-state index in [4.69, 9.17) is 0 Å². The average molecular weight is 239 g/mol. The Balaban J connectivity index is 2.61. The van der Waals surface area contributed by atoms with Gasteiger partial charge in [0.25, 0.3) is 5.91 Å². The van der Waals surface area contributed by atoms with Crippen molar-refractivity contribution in [3.63, 3.8) is 0 Å². The van der Waals surface area contributed by atoms with E-state index in [1.54, 1.807) is 11.0 Å². The molecule has 6 heteroatoms. The van der Waals surface area contributed by atoms with Crippen molar-refractivity contribution in [1.29, 1.82) is 0 Å². The number of rotatable bonds is 5. The first kappa shape index (κ1) is 13.2. The molecule has 0 saturated carbocycles. The Morgan fingerprint density at radius 1 is 1.53 bits per heavy atom. The van der Waals surface area contributed by atoms with E-state index in [9.17, 15) is 9.59 Å². The van der Waals surface area contributed by atoms with Crippen LogP contribution in [0.2, 0.25) is 0 Å². The van der Waals surface area contributed by atoms with Crippen molar-refractivity contribution in [3.05, 3.63) is 17.5 Å². The van der Waals surface area contributed by atoms with Gasteiger partial charge in [-0.2, -0.15) is 5.10 Å². The van der Waals surface area contributed by atoms with Gasteiger partial charge in [0.15, 0.2) is 0 Å². The lowest BCUT2D eigenvalue weighted by atomic mass is 10.3. The number of H-pyrrole nitrogens is 1. The highest BCUT2D eigenvalue weighted by atomic mass is 16.5. The van der Waals surface area contributed by atoms with Gasteiger partial charge in [-0.05, 0) is 19.9 Å². The first-order valence-corrected chi connectivity index (χ1v) is 5.46. The average Bonchev–Trinajstić information content (AvgIpc) is 2.76. The lowest BCUT2D eigenvalue weighted by molar-refractivity contribution is -0.140. The molecule has 17 heavy (non-hydrogen) atoms. The van der Waals surface area contributed by atoms with Crippen LogP contribution in [0.15, 0.2) is 6.07 Å². The van der Waals surface area contributed by atoms with Crippen molar-refractivity contribution in [2.75, 3.05) is 20.2 Å². The van der Waals surface area contributed by atoms with Gasteiger partial charge >= 0.3 is 5.97 Å². The summed E-state index contributed by atoms with van der Waals surface area (Å²) in [4.78, 5) is 24.6. The molecule has 0 spiro atoms. The maximum Gasteiger partial charge on any atom is 0.307 e. The van der Waals surface area contributed by atoms with Crippen molar-refractivity contribution in [2.45, 2.75) is 20.3 Å². The molecule has 0 unspecified atom stereocenters. The van der Waals surface area contributed by atoms with Crippen LogP contribution in [0.1, 0.15) is 29.5 Å². The standard InChI is InChI=1S/C11H17N3O3/c1-4-14(6-5-10(15)17-3)11(16)9-7-8(2)12-13-9/h7H,4-6H2,1-3H3,(H,12,13). The predicted octanol–water partition coefficient (Wildman–Crippen LogP) is 0.743. The Hall–Kier alpha value is -1.85. The molecule has 1 rings (SSSR count). The van der Waals surface area contributed by atoms with Crippen LogP contribution in [-0.4, -0.2) is 47.2 Å². The van der Waals surface area contributed by atoms with Gasteiger partial charge in [0.2, 0.25) is 0 Å². The molecule has 1 aromatic rings. The number of ether oxygens (including phenoxy) is 1. The second-order valence-corrected chi connectivity index (χ2v) is 3.65. The molecule has 1 amide bonds. The zero-order valence-corrected chi connectivity index (χ0v) is 10.3. The number of nitrogens with zero attached hydrogens (tertiary/aromatic N) is 2. The number of hydrogen-bond donors (Lipinski definition) is 1. The molecule has 1 aromatic heterocycles. The van der Waals surface area contributed by atoms with E-state index in [1.165, 1.54) is 7.11 Å². The number of aromatic amines is 1. The van der Waals surface area contributed by atoms with Crippen LogP contribution in [0.5, 0.6) is 0 Å². The summed E-state index contributed by atoms with van der Waals surface area (Å²) in [6.07, 6.45) is 0.194. The summed E-state index contributed by atoms with van der Waals surface area (Å²) >= 11 is 0. The second kappa shape index (κ2) is 6.03. The quantitative estimate of drug-likeness (QED) is 0.769. The fourth-order valence-electron chi connectivity index (χ4n) is 1.42. The van der Waals surface area contributed by atoms with Gasteiger partial charge in [0, 0.05) is 18.8 Å². The number of amides is 1. The summed E-state index contributed by atoms with van der Waals surface area (Å²) in [5, 5.41) is 6.61. The van der Waals surface area contributed by atoms with Crippen LogP contribution in [0.4, 0.5) is 0 Å². The molecule has 1 heterocycles. The first-order valence-electron chi connectivity index (χ1n) is 5.46. The van der Waals surface area contributed by atoms with Crippen molar-refractivity contribution in [2.24, 2.45) is 0 Å². The predicted molar refractivity (Wildman–Crippen MR) is 61.5 cm³/mol. The minimum Gasteiger partial charge on any atom is -0.469 e. The van der Waals surface area contributed by atoms with Crippen LogP contribution < -0.4 is 0 Å². The highest BCUT2D eigenvalue weighted by Gasteiger charge is 2.17. The Morgan fingerprint density at radius 2 is 2.24 bits per heavy atom. The molecule has 0 aromatic carbocycles. The highest BCUT2D eigenvalue weighted by molar-refractivity contribution is 5.92. The monoisotopic (exact) mass is 239 g/mol. The number of nitrogens with one attached hydrogen (secondary N) is 1. The zero-order valence-electron chi connectivity index (χ0n) is 10.3. The van der Waals surface area contributed by atoms with Crippen molar-refractivity contribution >= 4 is 11.9 Å². The van der Waals surface area contributed by atoms with Gasteiger partial charge in [-0.25, -0.2) is 0 Å². The van der Waals surface area contributed by atoms with E-state index in [0.717, 1.165) is 5.69 Å². The lowest BCUT2D eigenvalue weighted by Gasteiger charge is -2.18. The molecule has 1 N–H and O–H groups in total. The summed E-state index contributed by atoms with van der Waals surface area (Å²) < 4.78 is 4.54. The summed E-state index contributed by atoms with van der Waals surface area (Å²) in [5.74, 6) is -0.504.